The molecule has 0 atom stereocenters. The molecule has 7 nitrogen and oxygen atoms in total. The summed E-state index contributed by atoms with van der Waals surface area (Å²) < 4.78 is 0. The van der Waals surface area contributed by atoms with Crippen LogP contribution in [0.5, 0.6) is 0 Å². The van der Waals surface area contributed by atoms with Gasteiger partial charge in [-0.15, -0.1) is 0 Å². The first-order valence-electron chi connectivity index (χ1n) is 16.6. The van der Waals surface area contributed by atoms with Gasteiger partial charge in [0.1, 0.15) is 11.3 Å². The number of aromatic amines is 1. The summed E-state index contributed by atoms with van der Waals surface area (Å²) in [5, 5.41) is 4.04. The zero-order chi connectivity index (χ0) is 33.4. The molecular formula is C39H49N5O2. The molecule has 242 valence electrons. The van der Waals surface area contributed by atoms with Crippen LogP contribution in [0.15, 0.2) is 65.6 Å². The molecule has 4 aromatic rings. The number of urea groups is 1. The highest BCUT2D eigenvalue weighted by molar-refractivity contribution is 6.03. The lowest BCUT2D eigenvalue weighted by Gasteiger charge is -2.27. The Bertz CT molecular complexity index is 1740. The van der Waals surface area contributed by atoms with Crippen molar-refractivity contribution in [1.82, 2.24) is 14.9 Å². The summed E-state index contributed by atoms with van der Waals surface area (Å²) in [6, 6.07) is 17.9. The highest BCUT2D eigenvalue weighted by Crippen LogP contribution is 2.38. The molecule has 0 aliphatic heterocycles. The van der Waals surface area contributed by atoms with Crippen LogP contribution < -0.4 is 15.8 Å². The number of carbonyl (C=O) groups excluding carboxylic acids is 1. The van der Waals surface area contributed by atoms with Gasteiger partial charge in [0, 0.05) is 29.4 Å². The van der Waals surface area contributed by atoms with Crippen molar-refractivity contribution in [3.8, 4) is 23.0 Å². The minimum atomic E-state index is -0.339. The Morgan fingerprint density at radius 2 is 1.61 bits per heavy atom. The van der Waals surface area contributed by atoms with E-state index in [2.05, 4.69) is 124 Å². The van der Waals surface area contributed by atoms with Crippen molar-refractivity contribution in [1.29, 1.82) is 0 Å². The lowest BCUT2D eigenvalue weighted by molar-refractivity contribution is 0.256. The Morgan fingerprint density at radius 3 is 2.24 bits per heavy atom. The molecule has 2 N–H and O–H groups in total. The van der Waals surface area contributed by atoms with Crippen LogP contribution >= 0.6 is 0 Å². The summed E-state index contributed by atoms with van der Waals surface area (Å²) in [6.07, 6.45) is 2.39. The van der Waals surface area contributed by atoms with E-state index >= 15 is 0 Å². The summed E-state index contributed by atoms with van der Waals surface area (Å²) in [5.74, 6) is 7.30. The predicted octanol–water partition coefficient (Wildman–Crippen LogP) is 8.61. The molecule has 46 heavy (non-hydrogen) atoms. The molecule has 7 heteroatoms. The van der Waals surface area contributed by atoms with E-state index < -0.39 is 0 Å². The molecule has 0 aliphatic rings. The Balaban J connectivity index is 1.74. The van der Waals surface area contributed by atoms with Crippen LogP contribution in [0, 0.1) is 17.8 Å². The topological polar surface area (TPSA) is 81.3 Å². The molecule has 2 heterocycles. The van der Waals surface area contributed by atoms with Crippen LogP contribution in [0.25, 0.3) is 22.2 Å². The lowest BCUT2D eigenvalue weighted by Crippen LogP contribution is -2.40. The van der Waals surface area contributed by atoms with Gasteiger partial charge in [-0.3, -0.25) is 14.6 Å². The molecule has 0 saturated heterocycles. The minimum absolute atomic E-state index is 0.143. The number of aromatic nitrogens is 2. The monoisotopic (exact) mass is 619 g/mol. The fourth-order valence-corrected chi connectivity index (χ4v) is 5.50. The average Bonchev–Trinajstić information content (AvgIpc) is 3.03. The van der Waals surface area contributed by atoms with Gasteiger partial charge >= 0.3 is 6.03 Å². The molecular weight excluding hydrogens is 570 g/mol. The fraction of sp³-hybridized carbons (Fsp3) is 0.410. The van der Waals surface area contributed by atoms with E-state index in [1.165, 1.54) is 0 Å². The second kappa shape index (κ2) is 15.7. The smallest absolute Gasteiger partial charge is 0.307 e. The molecule has 0 fully saturated rings. The number of carbonyl (C=O) groups is 1. The molecule has 0 spiro atoms. The summed E-state index contributed by atoms with van der Waals surface area (Å²) in [6.45, 7) is 20.2. The third-order valence-corrected chi connectivity index (χ3v) is 8.36. The Hall–Kier alpha value is -4.41. The zero-order valence-corrected chi connectivity index (χ0v) is 28.7. The van der Waals surface area contributed by atoms with E-state index in [4.69, 9.17) is 0 Å². The number of rotatable bonds is 11. The lowest BCUT2D eigenvalue weighted by atomic mass is 9.88. The van der Waals surface area contributed by atoms with Crippen LogP contribution in [0.1, 0.15) is 90.3 Å². The highest BCUT2D eigenvalue weighted by atomic mass is 16.2. The number of pyridine rings is 2. The van der Waals surface area contributed by atoms with Gasteiger partial charge in [-0.2, -0.15) is 0 Å². The second-order valence-electron chi connectivity index (χ2n) is 12.9. The summed E-state index contributed by atoms with van der Waals surface area (Å²) in [7, 11) is 0. The van der Waals surface area contributed by atoms with Gasteiger partial charge in [0.2, 0.25) is 0 Å². The Kier molecular flexibility index (Phi) is 11.8. The van der Waals surface area contributed by atoms with Crippen molar-refractivity contribution >= 4 is 28.4 Å². The van der Waals surface area contributed by atoms with Gasteiger partial charge in [-0.1, -0.05) is 79.4 Å². The summed E-state index contributed by atoms with van der Waals surface area (Å²) in [4.78, 5) is 38.4. The molecule has 0 unspecified atom stereocenters. The molecule has 4 rings (SSSR count). The summed E-state index contributed by atoms with van der Waals surface area (Å²) >= 11 is 0. The van der Waals surface area contributed by atoms with Crippen molar-refractivity contribution in [2.45, 2.75) is 73.6 Å². The molecule has 0 saturated carbocycles. The first kappa shape index (κ1) is 34.5. The Morgan fingerprint density at radius 1 is 0.913 bits per heavy atom. The van der Waals surface area contributed by atoms with Crippen LogP contribution in [0.4, 0.5) is 16.2 Å². The number of hydrogen-bond donors (Lipinski definition) is 2. The first-order valence-corrected chi connectivity index (χ1v) is 16.6. The molecule has 2 aromatic heterocycles. The van der Waals surface area contributed by atoms with Gasteiger partial charge in [0.25, 0.3) is 5.56 Å². The number of H-pyrrole nitrogens is 1. The molecule has 2 aromatic carbocycles. The van der Waals surface area contributed by atoms with Gasteiger partial charge in [-0.05, 0) is 102 Å². The molecule has 0 aliphatic carbocycles. The maximum Gasteiger partial charge on any atom is 0.326 e. The standard InChI is InChI=1S/C39H49N5O2/c1-9-43(10-2)20-13-15-29-14-11-16-30(22-29)32-23-33(27(5)6)36(34(24-32)28(7)8)41-39(46)44(21-18-26(3)4)35-25-31-17-12-19-40-37(31)42-38(35)45/h11-12,14,16-17,19,22-28H,9-10,18,20-21H2,1-8H3,(H,41,46)(H,40,42,45). The third kappa shape index (κ3) is 8.44. The van der Waals surface area contributed by atoms with Crippen molar-refractivity contribution in [3.05, 3.63) is 87.8 Å². The van der Waals surface area contributed by atoms with Crippen LogP contribution in [0.2, 0.25) is 0 Å². The van der Waals surface area contributed by atoms with Crippen LogP contribution in [-0.2, 0) is 0 Å². The number of anilines is 2. The summed E-state index contributed by atoms with van der Waals surface area (Å²) in [5.41, 5.74) is 6.54. The zero-order valence-electron chi connectivity index (χ0n) is 28.7. The minimum Gasteiger partial charge on any atom is -0.307 e. The number of benzene rings is 2. The highest BCUT2D eigenvalue weighted by Gasteiger charge is 2.24. The van der Waals surface area contributed by atoms with E-state index in [0.717, 1.165) is 64.9 Å². The van der Waals surface area contributed by atoms with Crippen molar-refractivity contribution in [2.24, 2.45) is 5.92 Å². The number of amides is 2. The second-order valence-corrected chi connectivity index (χ2v) is 12.9. The largest absolute Gasteiger partial charge is 0.326 e. The quantitative estimate of drug-likeness (QED) is 0.165. The van der Waals surface area contributed by atoms with Gasteiger partial charge < -0.3 is 10.3 Å². The number of hydrogen-bond acceptors (Lipinski definition) is 4. The van der Waals surface area contributed by atoms with E-state index in [-0.39, 0.29) is 23.4 Å². The fourth-order valence-electron chi connectivity index (χ4n) is 5.50. The SMILES string of the molecule is CCN(CC)CC#Cc1cccc(-c2cc(C(C)C)c(NC(=O)N(CCC(C)C)c3cc4cccnc4[nH]c3=O)c(C(C)C)c2)c1. The number of nitrogens with zero attached hydrogens (tertiary/aromatic N) is 3. The van der Waals surface area contributed by atoms with Gasteiger partial charge in [-0.25, -0.2) is 9.78 Å². The number of fused-ring (bicyclic) bond motifs is 1. The first-order chi connectivity index (χ1) is 22.0. The van der Waals surface area contributed by atoms with E-state index in [9.17, 15) is 9.59 Å². The predicted molar refractivity (Wildman–Crippen MR) is 193 cm³/mol. The van der Waals surface area contributed by atoms with E-state index in [0.29, 0.717) is 23.8 Å². The van der Waals surface area contributed by atoms with Gasteiger partial charge in [0.05, 0.1) is 6.54 Å². The third-order valence-electron chi connectivity index (χ3n) is 8.36. The normalized spacial score (nSPS) is 11.4. The van der Waals surface area contributed by atoms with Crippen LogP contribution in [0.3, 0.4) is 0 Å². The maximum absolute atomic E-state index is 14.2. The Labute approximate surface area is 274 Å². The van der Waals surface area contributed by atoms with E-state index in [1.54, 1.807) is 17.2 Å². The van der Waals surface area contributed by atoms with Crippen LogP contribution in [-0.4, -0.2) is 47.1 Å². The maximum atomic E-state index is 14.2. The van der Waals surface area contributed by atoms with Crippen molar-refractivity contribution in [3.63, 3.8) is 0 Å². The average molecular weight is 620 g/mol. The van der Waals surface area contributed by atoms with Crippen molar-refractivity contribution in [2.75, 3.05) is 36.4 Å². The van der Waals surface area contributed by atoms with Crippen molar-refractivity contribution < 1.29 is 4.79 Å². The van der Waals surface area contributed by atoms with Gasteiger partial charge in [0.15, 0.2) is 0 Å². The molecule has 0 bridgehead atoms. The molecule has 0 radical (unpaired) electrons. The number of nitrogens with one attached hydrogen (secondary N) is 2. The van der Waals surface area contributed by atoms with E-state index in [1.807, 2.05) is 12.1 Å². The molecule has 2 amide bonds.